The van der Waals surface area contributed by atoms with E-state index < -0.39 is 48.9 Å². The molecule has 0 aromatic rings. The number of carboxylic acid groups (broad SMARTS) is 2. The minimum Gasteiger partial charge on any atom is -0.550 e. The van der Waals surface area contributed by atoms with E-state index in [9.17, 15) is 34.5 Å². The molecule has 10 heteroatoms. The fourth-order valence-electron chi connectivity index (χ4n) is 0.889. The van der Waals surface area contributed by atoms with Crippen molar-refractivity contribution in [3.05, 3.63) is 0 Å². The van der Waals surface area contributed by atoms with Crippen LogP contribution in [0.25, 0.3) is 0 Å². The minimum atomic E-state index is -3.00. The maximum Gasteiger partial charge on any atom is 2.00 e. The zero-order valence-electron chi connectivity index (χ0n) is 9.21. The Morgan fingerprint density at radius 2 is 1.61 bits per heavy atom. The number of rotatable bonds is 6. The number of aliphatic hydroxyl groups is 1. The Kier molecular flexibility index (Phi) is 8.47. The monoisotopic (exact) mass is 271 g/mol. The molecule has 0 aromatic heterocycles. The summed E-state index contributed by atoms with van der Waals surface area (Å²) in [5.41, 5.74) is 1.81. The Labute approximate surface area is 117 Å². The third kappa shape index (κ3) is 6.49. The van der Waals surface area contributed by atoms with Gasteiger partial charge in [0, 0.05) is 12.4 Å². The molecule has 96 valence electrons. The van der Waals surface area contributed by atoms with Gasteiger partial charge in [0.05, 0.1) is 18.9 Å². The Morgan fingerprint density at radius 3 is 1.94 bits per heavy atom. The summed E-state index contributed by atoms with van der Waals surface area (Å²) in [7, 11) is 0. The number of aliphatic carboxylic acids is 2. The number of hydrogen-bond acceptors (Lipinski definition) is 9. The molecule has 0 spiro atoms. The van der Waals surface area contributed by atoms with Crippen LogP contribution in [0, 0.1) is 0 Å². The molecular formula is C8H9MgNO8. The Hall–Kier alpha value is -1.23. The first-order valence-electron chi connectivity index (χ1n) is 4.28. The summed E-state index contributed by atoms with van der Waals surface area (Å²) in [6.07, 6.45) is -2.64. The predicted molar refractivity (Wildman–Crippen MR) is 50.1 cm³/mol. The quantitative estimate of drug-likeness (QED) is 0.272. The first kappa shape index (κ1) is 19.1. The fraction of sp³-hybridized carbons (Fsp3) is 0.500. The van der Waals surface area contributed by atoms with Crippen molar-refractivity contribution in [3.63, 3.8) is 0 Å². The van der Waals surface area contributed by atoms with E-state index in [2.05, 4.69) is 4.74 Å². The van der Waals surface area contributed by atoms with Crippen LogP contribution in [0.4, 0.5) is 0 Å². The van der Waals surface area contributed by atoms with Crippen molar-refractivity contribution in [2.75, 3.05) is 6.54 Å². The Morgan fingerprint density at radius 1 is 1.11 bits per heavy atom. The topological polar surface area (TPSA) is 170 Å². The molecule has 9 nitrogen and oxygen atoms in total. The van der Waals surface area contributed by atoms with E-state index in [4.69, 9.17) is 5.73 Å². The van der Waals surface area contributed by atoms with Crippen LogP contribution in [0.2, 0.25) is 0 Å². The second-order valence-electron chi connectivity index (χ2n) is 3.09. The minimum absolute atomic E-state index is 0. The summed E-state index contributed by atoms with van der Waals surface area (Å²) in [6, 6.07) is 0. The molecular weight excluding hydrogens is 262 g/mol. The van der Waals surface area contributed by atoms with Gasteiger partial charge < -0.3 is 35.4 Å². The number of carboxylic acids is 2. The molecule has 0 aliphatic carbocycles. The van der Waals surface area contributed by atoms with Crippen molar-refractivity contribution in [2.24, 2.45) is 5.73 Å². The van der Waals surface area contributed by atoms with Gasteiger partial charge in [-0.2, -0.15) is 0 Å². The molecule has 0 aliphatic heterocycles. The summed E-state index contributed by atoms with van der Waals surface area (Å²) in [4.78, 5) is 42.2. The molecule has 0 heterocycles. The van der Waals surface area contributed by atoms with E-state index in [1.807, 2.05) is 0 Å². The molecule has 0 radical (unpaired) electrons. The van der Waals surface area contributed by atoms with E-state index in [1.165, 1.54) is 0 Å². The van der Waals surface area contributed by atoms with Gasteiger partial charge in [-0.3, -0.25) is 9.59 Å². The number of carbonyl (C=O) groups excluding carboxylic acids is 4. The largest absolute Gasteiger partial charge is 2.00 e. The summed E-state index contributed by atoms with van der Waals surface area (Å²) in [5.74, 6) is -6.69. The second kappa shape index (κ2) is 7.97. The predicted octanol–water partition coefficient (Wildman–Crippen LogP) is -5.35. The summed E-state index contributed by atoms with van der Waals surface area (Å²) >= 11 is 0. The van der Waals surface area contributed by atoms with Crippen LogP contribution in [0.15, 0.2) is 0 Å². The first-order chi connectivity index (χ1) is 7.71. The third-order valence-electron chi connectivity index (χ3n) is 1.65. The number of hydrogen-bond donors (Lipinski definition) is 2. The van der Waals surface area contributed by atoms with Crippen LogP contribution >= 0.6 is 0 Å². The summed E-state index contributed by atoms with van der Waals surface area (Å²) < 4.78 is 3.96. The number of esters is 2. The normalized spacial score (nSPS) is 12.8. The van der Waals surface area contributed by atoms with Gasteiger partial charge in [-0.25, -0.2) is 0 Å². The SMILES string of the molecule is NCC(=O)OC(=O)CC(O)(CC(=O)[O-])C(=O)[O-].[Mg+2]. The fourth-order valence-corrected chi connectivity index (χ4v) is 0.889. The van der Waals surface area contributed by atoms with Gasteiger partial charge in [0.2, 0.25) is 0 Å². The smallest absolute Gasteiger partial charge is 0.550 e. The van der Waals surface area contributed by atoms with Gasteiger partial charge in [-0.05, 0) is 0 Å². The zero-order valence-corrected chi connectivity index (χ0v) is 10.6. The molecule has 18 heavy (non-hydrogen) atoms. The van der Waals surface area contributed by atoms with Gasteiger partial charge in [-0.1, -0.05) is 0 Å². The molecule has 0 fully saturated rings. The van der Waals surface area contributed by atoms with E-state index in [0.29, 0.717) is 0 Å². The molecule has 1 unspecified atom stereocenters. The molecule has 0 aromatic carbocycles. The van der Waals surface area contributed by atoms with E-state index in [0.717, 1.165) is 0 Å². The van der Waals surface area contributed by atoms with Crippen LogP contribution < -0.4 is 15.9 Å². The van der Waals surface area contributed by atoms with Crippen molar-refractivity contribution in [1.82, 2.24) is 0 Å². The van der Waals surface area contributed by atoms with Crippen LogP contribution in [-0.2, 0) is 23.9 Å². The number of nitrogens with two attached hydrogens (primary N) is 1. The van der Waals surface area contributed by atoms with E-state index >= 15 is 0 Å². The van der Waals surface area contributed by atoms with Gasteiger partial charge in [0.25, 0.3) is 0 Å². The van der Waals surface area contributed by atoms with E-state index in [1.54, 1.807) is 0 Å². The van der Waals surface area contributed by atoms with Crippen molar-refractivity contribution in [1.29, 1.82) is 0 Å². The molecule has 1 atom stereocenters. The van der Waals surface area contributed by atoms with Crippen molar-refractivity contribution < 1.29 is 39.2 Å². The average molecular weight is 271 g/mol. The molecule has 0 amide bonds. The molecule has 0 aliphatic rings. The maximum absolute atomic E-state index is 11.0. The maximum atomic E-state index is 11.0. The van der Waals surface area contributed by atoms with Gasteiger partial charge >= 0.3 is 35.0 Å². The summed E-state index contributed by atoms with van der Waals surface area (Å²) in [6.45, 7) is -0.629. The molecule has 0 saturated heterocycles. The Balaban J connectivity index is 0. The van der Waals surface area contributed by atoms with E-state index in [-0.39, 0.29) is 23.1 Å². The second-order valence-corrected chi connectivity index (χ2v) is 3.09. The van der Waals surface area contributed by atoms with Gasteiger partial charge in [0.15, 0.2) is 0 Å². The molecule has 0 bridgehead atoms. The molecule has 3 N–H and O–H groups in total. The van der Waals surface area contributed by atoms with Crippen LogP contribution in [0.1, 0.15) is 12.8 Å². The Bertz CT molecular complexity index is 357. The van der Waals surface area contributed by atoms with Crippen LogP contribution in [-0.4, -0.2) is 64.2 Å². The van der Waals surface area contributed by atoms with Crippen molar-refractivity contribution in [3.8, 4) is 0 Å². The first-order valence-corrected chi connectivity index (χ1v) is 4.28. The average Bonchev–Trinajstić information content (AvgIpc) is 2.15. The molecule has 0 rings (SSSR count). The third-order valence-corrected chi connectivity index (χ3v) is 1.65. The standard InChI is InChI=1S/C8H11NO8.Mg/c9-3-6(13)17-5(12)2-8(16,7(14)15)1-4(10)11;/h16H,1-3,9H2,(H,10,11)(H,14,15);/q;+2/p-2. The van der Waals surface area contributed by atoms with Crippen LogP contribution in [0.3, 0.4) is 0 Å². The van der Waals surface area contributed by atoms with Gasteiger partial charge in [-0.15, -0.1) is 0 Å². The zero-order chi connectivity index (χ0) is 13.6. The number of ether oxygens (including phenoxy) is 1. The summed E-state index contributed by atoms with van der Waals surface area (Å²) in [5, 5.41) is 29.9. The van der Waals surface area contributed by atoms with Gasteiger partial charge in [0.1, 0.15) is 5.60 Å². The van der Waals surface area contributed by atoms with Crippen LogP contribution in [0.5, 0.6) is 0 Å². The van der Waals surface area contributed by atoms with Crippen molar-refractivity contribution in [2.45, 2.75) is 18.4 Å². The van der Waals surface area contributed by atoms with Crippen molar-refractivity contribution >= 4 is 46.9 Å². The molecule has 0 saturated carbocycles. The number of carbonyl (C=O) groups is 4.